The van der Waals surface area contributed by atoms with Crippen LogP contribution in [0.3, 0.4) is 0 Å². The highest BCUT2D eigenvalue weighted by atomic mass is 79.9. The van der Waals surface area contributed by atoms with Crippen molar-refractivity contribution in [3.8, 4) is 11.3 Å². The number of hydrogen-bond acceptors (Lipinski definition) is 4. The van der Waals surface area contributed by atoms with Crippen LogP contribution in [-0.4, -0.2) is 23.3 Å². The topological polar surface area (TPSA) is 71.1 Å². The number of hydrogen-bond donors (Lipinski definition) is 2. The fourth-order valence-corrected chi connectivity index (χ4v) is 3.36. The third kappa shape index (κ3) is 5.48. The van der Waals surface area contributed by atoms with Gasteiger partial charge in [-0.3, -0.25) is 9.59 Å². The van der Waals surface area contributed by atoms with Crippen LogP contribution in [0.15, 0.2) is 58.4 Å². The van der Waals surface area contributed by atoms with E-state index in [0.29, 0.717) is 11.3 Å². The summed E-state index contributed by atoms with van der Waals surface area (Å²) in [6.45, 7) is 2.23. The van der Waals surface area contributed by atoms with Crippen molar-refractivity contribution in [3.63, 3.8) is 0 Å². The van der Waals surface area contributed by atoms with Crippen LogP contribution in [-0.2, 0) is 4.79 Å². The highest BCUT2D eigenvalue weighted by Gasteiger charge is 2.08. The number of carbonyl (C=O) groups excluding carboxylic acids is 2. The lowest BCUT2D eigenvalue weighted by Gasteiger charge is -2.08. The Morgan fingerprint density at radius 3 is 2.63 bits per heavy atom. The van der Waals surface area contributed by atoms with Crippen molar-refractivity contribution in [2.24, 2.45) is 0 Å². The van der Waals surface area contributed by atoms with Gasteiger partial charge in [0, 0.05) is 39.6 Å². The lowest BCUT2D eigenvalue weighted by molar-refractivity contribution is -0.116. The molecule has 0 aliphatic heterocycles. The first-order valence-electron chi connectivity index (χ1n) is 8.37. The zero-order valence-electron chi connectivity index (χ0n) is 14.7. The number of amides is 2. The van der Waals surface area contributed by atoms with E-state index in [1.165, 1.54) is 0 Å². The number of aromatic nitrogens is 1. The summed E-state index contributed by atoms with van der Waals surface area (Å²) in [6.07, 6.45) is 0.197. The molecule has 0 saturated heterocycles. The largest absolute Gasteiger partial charge is 0.352 e. The van der Waals surface area contributed by atoms with E-state index < -0.39 is 0 Å². The first kappa shape index (κ1) is 19.3. The minimum absolute atomic E-state index is 0.155. The number of anilines is 1. The second-order valence-electron chi connectivity index (χ2n) is 5.89. The van der Waals surface area contributed by atoms with Gasteiger partial charge in [-0.15, -0.1) is 11.3 Å². The van der Waals surface area contributed by atoms with Crippen LogP contribution in [0.4, 0.5) is 5.69 Å². The number of nitrogens with zero attached hydrogens (tertiary/aromatic N) is 1. The Hall–Kier alpha value is -2.51. The molecule has 1 heterocycles. The maximum absolute atomic E-state index is 12.1. The average molecular weight is 444 g/mol. The Morgan fingerprint density at radius 1 is 1.15 bits per heavy atom. The van der Waals surface area contributed by atoms with Crippen molar-refractivity contribution in [2.75, 3.05) is 11.9 Å². The molecule has 7 heteroatoms. The number of aryl methyl sites for hydroxylation is 1. The Morgan fingerprint density at radius 2 is 1.93 bits per heavy atom. The standard InChI is InChI=1S/C20H18BrN3O2S/c1-13-23-18(12-27-13)15-3-2-4-17(11-15)24-19(25)9-10-22-20(26)14-5-7-16(21)8-6-14/h2-8,11-12H,9-10H2,1H3,(H,22,26)(H,24,25). The van der Waals surface area contributed by atoms with Gasteiger partial charge in [0.1, 0.15) is 0 Å². The van der Waals surface area contributed by atoms with Gasteiger partial charge < -0.3 is 10.6 Å². The smallest absolute Gasteiger partial charge is 0.251 e. The van der Waals surface area contributed by atoms with Crippen LogP contribution in [0, 0.1) is 6.92 Å². The van der Waals surface area contributed by atoms with Crippen LogP contribution in [0.5, 0.6) is 0 Å². The fraction of sp³-hybridized carbons (Fsp3) is 0.150. The molecule has 0 aliphatic rings. The van der Waals surface area contributed by atoms with E-state index in [1.807, 2.05) is 36.6 Å². The number of benzene rings is 2. The molecular weight excluding hydrogens is 426 g/mol. The Balaban J connectivity index is 1.51. The van der Waals surface area contributed by atoms with Crippen molar-refractivity contribution >= 4 is 44.8 Å². The average Bonchev–Trinajstić information content (AvgIpc) is 3.09. The highest BCUT2D eigenvalue weighted by molar-refractivity contribution is 9.10. The van der Waals surface area contributed by atoms with E-state index >= 15 is 0 Å². The van der Waals surface area contributed by atoms with Gasteiger partial charge in [-0.1, -0.05) is 28.1 Å². The lowest BCUT2D eigenvalue weighted by atomic mass is 10.1. The summed E-state index contributed by atoms with van der Waals surface area (Å²) < 4.78 is 0.911. The normalized spacial score (nSPS) is 10.4. The first-order valence-corrected chi connectivity index (χ1v) is 10.0. The van der Waals surface area contributed by atoms with Gasteiger partial charge in [0.05, 0.1) is 10.7 Å². The molecule has 27 heavy (non-hydrogen) atoms. The zero-order chi connectivity index (χ0) is 19.2. The van der Waals surface area contributed by atoms with Gasteiger partial charge in [0.2, 0.25) is 5.91 Å². The van der Waals surface area contributed by atoms with Crippen LogP contribution >= 0.6 is 27.3 Å². The molecule has 2 N–H and O–H groups in total. The van der Waals surface area contributed by atoms with E-state index in [2.05, 4.69) is 31.5 Å². The second-order valence-corrected chi connectivity index (χ2v) is 7.87. The third-order valence-electron chi connectivity index (χ3n) is 3.81. The molecule has 0 saturated carbocycles. The summed E-state index contributed by atoms with van der Waals surface area (Å²) in [7, 11) is 0. The summed E-state index contributed by atoms with van der Waals surface area (Å²) in [5.74, 6) is -0.353. The summed E-state index contributed by atoms with van der Waals surface area (Å²) in [4.78, 5) is 28.6. The van der Waals surface area contributed by atoms with Crippen LogP contribution < -0.4 is 10.6 Å². The van der Waals surface area contributed by atoms with Crippen LogP contribution in [0.2, 0.25) is 0 Å². The molecule has 1 aromatic heterocycles. The molecule has 0 bridgehead atoms. The number of halogens is 1. The monoisotopic (exact) mass is 443 g/mol. The van der Waals surface area contributed by atoms with E-state index in [9.17, 15) is 9.59 Å². The molecule has 2 aromatic carbocycles. The van der Waals surface area contributed by atoms with E-state index in [0.717, 1.165) is 20.7 Å². The summed E-state index contributed by atoms with van der Waals surface area (Å²) in [5.41, 5.74) is 3.13. The quantitative estimate of drug-likeness (QED) is 0.582. The highest BCUT2D eigenvalue weighted by Crippen LogP contribution is 2.24. The zero-order valence-corrected chi connectivity index (χ0v) is 17.1. The number of nitrogens with one attached hydrogen (secondary N) is 2. The summed E-state index contributed by atoms with van der Waals surface area (Å²) in [6, 6.07) is 14.6. The van der Waals surface area contributed by atoms with Gasteiger partial charge in [-0.05, 0) is 43.3 Å². The molecule has 0 atom stereocenters. The van der Waals surface area contributed by atoms with Crippen LogP contribution in [0.25, 0.3) is 11.3 Å². The molecule has 138 valence electrons. The van der Waals surface area contributed by atoms with Crippen LogP contribution in [0.1, 0.15) is 21.8 Å². The van der Waals surface area contributed by atoms with E-state index in [-0.39, 0.29) is 24.8 Å². The minimum atomic E-state index is -0.198. The molecule has 5 nitrogen and oxygen atoms in total. The van der Waals surface area contributed by atoms with E-state index in [4.69, 9.17) is 0 Å². The van der Waals surface area contributed by atoms with E-state index in [1.54, 1.807) is 35.6 Å². The minimum Gasteiger partial charge on any atom is -0.352 e. The van der Waals surface area contributed by atoms with Crippen molar-refractivity contribution in [2.45, 2.75) is 13.3 Å². The van der Waals surface area contributed by atoms with Crippen molar-refractivity contribution in [1.29, 1.82) is 0 Å². The van der Waals surface area contributed by atoms with Gasteiger partial charge in [-0.2, -0.15) is 0 Å². The van der Waals surface area contributed by atoms with Crippen molar-refractivity contribution < 1.29 is 9.59 Å². The fourth-order valence-electron chi connectivity index (χ4n) is 2.47. The molecular formula is C20H18BrN3O2S. The predicted molar refractivity (Wildman–Crippen MR) is 112 cm³/mol. The SMILES string of the molecule is Cc1nc(-c2cccc(NC(=O)CCNC(=O)c3ccc(Br)cc3)c2)cs1. The lowest BCUT2D eigenvalue weighted by Crippen LogP contribution is -2.27. The van der Waals surface area contributed by atoms with Gasteiger partial charge in [0.15, 0.2) is 0 Å². The first-order chi connectivity index (χ1) is 13.0. The van der Waals surface area contributed by atoms with Gasteiger partial charge in [-0.25, -0.2) is 4.98 Å². The number of carbonyl (C=O) groups is 2. The number of rotatable bonds is 6. The molecule has 2 amide bonds. The Labute approximate surface area is 170 Å². The molecule has 0 spiro atoms. The molecule has 3 aromatic rings. The summed E-state index contributed by atoms with van der Waals surface area (Å²) in [5, 5.41) is 8.61. The van der Waals surface area contributed by atoms with Crippen molar-refractivity contribution in [1.82, 2.24) is 10.3 Å². The maximum atomic E-state index is 12.1. The molecule has 0 aliphatic carbocycles. The molecule has 0 radical (unpaired) electrons. The predicted octanol–water partition coefficient (Wildman–Crippen LogP) is 4.64. The van der Waals surface area contributed by atoms with Gasteiger partial charge >= 0.3 is 0 Å². The molecule has 0 unspecified atom stereocenters. The van der Waals surface area contributed by atoms with Gasteiger partial charge in [0.25, 0.3) is 5.91 Å². The van der Waals surface area contributed by atoms with Crippen molar-refractivity contribution in [3.05, 3.63) is 69.0 Å². The molecule has 0 fully saturated rings. The third-order valence-corrected chi connectivity index (χ3v) is 5.11. The maximum Gasteiger partial charge on any atom is 0.251 e. The Bertz CT molecular complexity index is 954. The summed E-state index contributed by atoms with van der Waals surface area (Å²) >= 11 is 4.92. The second kappa shape index (κ2) is 8.92. The number of thiazole rings is 1. The molecule has 3 rings (SSSR count). The Kier molecular flexibility index (Phi) is 6.36.